The van der Waals surface area contributed by atoms with E-state index in [4.69, 9.17) is 4.74 Å². The van der Waals surface area contributed by atoms with Gasteiger partial charge in [0.15, 0.2) is 0 Å². The van der Waals surface area contributed by atoms with Crippen LogP contribution in [0.1, 0.15) is 50.5 Å². The molecule has 0 radical (unpaired) electrons. The van der Waals surface area contributed by atoms with Crippen molar-refractivity contribution in [1.29, 1.82) is 0 Å². The molecule has 28 heavy (non-hydrogen) atoms. The largest absolute Gasteiger partial charge is 0.444 e. The Morgan fingerprint density at radius 3 is 2.18 bits per heavy atom. The summed E-state index contributed by atoms with van der Waals surface area (Å²) in [5.74, 6) is -0.415. The van der Waals surface area contributed by atoms with Crippen LogP contribution in [0.4, 0.5) is 4.79 Å². The smallest absolute Gasteiger partial charge is 0.407 e. The lowest BCUT2D eigenvalue weighted by atomic mass is 10.1. The molecule has 0 aliphatic carbocycles. The van der Waals surface area contributed by atoms with Gasteiger partial charge in [-0.15, -0.1) is 0 Å². The highest BCUT2D eigenvalue weighted by molar-refractivity contribution is 7.89. The SMILES string of the molecule is CCN(CC)S(=O)(=O)c1cc(C(=O)NCCNC(=O)OC(C)(C)C)ccc1C. The number of amides is 2. The average Bonchev–Trinajstić information content (AvgIpc) is 2.58. The molecule has 9 heteroatoms. The van der Waals surface area contributed by atoms with Crippen LogP contribution >= 0.6 is 0 Å². The van der Waals surface area contributed by atoms with Crippen molar-refractivity contribution in [3.8, 4) is 0 Å². The summed E-state index contributed by atoms with van der Waals surface area (Å²) in [4.78, 5) is 24.0. The molecule has 0 heterocycles. The van der Waals surface area contributed by atoms with Gasteiger partial charge in [-0.2, -0.15) is 4.31 Å². The van der Waals surface area contributed by atoms with Crippen LogP contribution in [0, 0.1) is 6.92 Å². The van der Waals surface area contributed by atoms with Crippen molar-refractivity contribution in [3.05, 3.63) is 29.3 Å². The minimum Gasteiger partial charge on any atom is -0.444 e. The Morgan fingerprint density at radius 2 is 1.64 bits per heavy atom. The van der Waals surface area contributed by atoms with Gasteiger partial charge in [0.25, 0.3) is 5.91 Å². The van der Waals surface area contributed by atoms with E-state index in [9.17, 15) is 18.0 Å². The van der Waals surface area contributed by atoms with Crippen molar-refractivity contribution in [3.63, 3.8) is 0 Å². The molecule has 8 nitrogen and oxygen atoms in total. The lowest BCUT2D eigenvalue weighted by Crippen LogP contribution is -2.38. The quantitative estimate of drug-likeness (QED) is 0.636. The second kappa shape index (κ2) is 9.88. The van der Waals surface area contributed by atoms with Crippen molar-refractivity contribution >= 4 is 22.0 Å². The van der Waals surface area contributed by atoms with Gasteiger partial charge in [-0.25, -0.2) is 13.2 Å². The number of hydrogen-bond acceptors (Lipinski definition) is 5. The van der Waals surface area contributed by atoms with Crippen molar-refractivity contribution in [2.75, 3.05) is 26.2 Å². The van der Waals surface area contributed by atoms with Gasteiger partial charge < -0.3 is 15.4 Å². The van der Waals surface area contributed by atoms with Crippen LogP contribution in [0.15, 0.2) is 23.1 Å². The summed E-state index contributed by atoms with van der Waals surface area (Å²) < 4.78 is 32.0. The summed E-state index contributed by atoms with van der Waals surface area (Å²) >= 11 is 0. The predicted octanol–water partition coefficient (Wildman–Crippen LogP) is 2.28. The highest BCUT2D eigenvalue weighted by Gasteiger charge is 2.24. The molecule has 1 aromatic rings. The lowest BCUT2D eigenvalue weighted by molar-refractivity contribution is 0.0526. The summed E-state index contributed by atoms with van der Waals surface area (Å²) in [6.45, 7) is 11.6. The molecular weight excluding hydrogens is 382 g/mol. The Bertz CT molecular complexity index is 796. The van der Waals surface area contributed by atoms with Gasteiger partial charge in [0.05, 0.1) is 4.90 Å². The Balaban J connectivity index is 2.77. The summed E-state index contributed by atoms with van der Waals surface area (Å²) in [6, 6.07) is 4.58. The molecule has 0 spiro atoms. The lowest BCUT2D eigenvalue weighted by Gasteiger charge is -2.20. The van der Waals surface area contributed by atoms with Crippen molar-refractivity contribution in [2.45, 2.75) is 52.0 Å². The van der Waals surface area contributed by atoms with E-state index < -0.39 is 27.6 Å². The second-order valence-corrected chi connectivity index (χ2v) is 9.16. The zero-order valence-electron chi connectivity index (χ0n) is 17.5. The molecular formula is C19H31N3O5S. The molecule has 158 valence electrons. The fraction of sp³-hybridized carbons (Fsp3) is 0.579. The monoisotopic (exact) mass is 413 g/mol. The standard InChI is InChI=1S/C19H31N3O5S/c1-7-22(8-2)28(25,26)16-13-15(10-9-14(16)3)17(23)20-11-12-21-18(24)27-19(4,5)6/h9-10,13H,7-8,11-12H2,1-6H3,(H,20,23)(H,21,24). The third kappa shape index (κ3) is 6.79. The maximum absolute atomic E-state index is 12.8. The molecule has 0 fully saturated rings. The second-order valence-electron chi connectivity index (χ2n) is 7.25. The van der Waals surface area contributed by atoms with Gasteiger partial charge in [0.2, 0.25) is 10.0 Å². The fourth-order valence-corrected chi connectivity index (χ4v) is 4.19. The number of rotatable bonds is 8. The van der Waals surface area contributed by atoms with Crippen LogP contribution < -0.4 is 10.6 Å². The van der Waals surface area contributed by atoms with Crippen molar-refractivity contribution in [2.24, 2.45) is 0 Å². The Labute approximate surface area is 167 Å². The maximum atomic E-state index is 12.8. The minimum atomic E-state index is -3.66. The van der Waals surface area contributed by atoms with Crippen molar-refractivity contribution in [1.82, 2.24) is 14.9 Å². The van der Waals surface area contributed by atoms with Gasteiger partial charge in [-0.3, -0.25) is 4.79 Å². The topological polar surface area (TPSA) is 105 Å². The summed E-state index contributed by atoms with van der Waals surface area (Å²) in [5.41, 5.74) is 0.228. The number of nitrogens with zero attached hydrogens (tertiary/aromatic N) is 1. The van der Waals surface area contributed by atoms with E-state index in [1.165, 1.54) is 10.4 Å². The third-order valence-corrected chi connectivity index (χ3v) is 6.04. The minimum absolute atomic E-state index is 0.121. The molecule has 0 bridgehead atoms. The molecule has 0 atom stereocenters. The van der Waals surface area contributed by atoms with E-state index in [1.807, 2.05) is 0 Å². The van der Waals surface area contributed by atoms with Crippen LogP contribution in [0.2, 0.25) is 0 Å². The molecule has 2 amide bonds. The molecule has 0 aliphatic rings. The number of carbonyl (C=O) groups is 2. The van der Waals surface area contributed by atoms with Crippen LogP contribution in [-0.2, 0) is 14.8 Å². The molecule has 1 rings (SSSR count). The fourth-order valence-electron chi connectivity index (χ4n) is 2.48. The highest BCUT2D eigenvalue weighted by atomic mass is 32.2. The number of nitrogens with one attached hydrogen (secondary N) is 2. The number of benzene rings is 1. The van der Waals surface area contributed by atoms with E-state index in [0.717, 1.165) is 0 Å². The number of aryl methyl sites for hydroxylation is 1. The summed E-state index contributed by atoms with van der Waals surface area (Å²) in [5, 5.41) is 5.20. The van der Waals surface area contributed by atoms with Gasteiger partial charge in [-0.05, 0) is 45.4 Å². The van der Waals surface area contributed by atoms with Crippen LogP contribution in [0.3, 0.4) is 0 Å². The molecule has 0 aromatic heterocycles. The zero-order chi connectivity index (χ0) is 21.5. The first-order chi connectivity index (χ1) is 12.9. The first-order valence-electron chi connectivity index (χ1n) is 9.28. The molecule has 0 saturated heterocycles. The van der Waals surface area contributed by atoms with Crippen LogP contribution in [0.5, 0.6) is 0 Å². The zero-order valence-corrected chi connectivity index (χ0v) is 18.3. The molecule has 0 unspecified atom stereocenters. The number of carbonyl (C=O) groups excluding carboxylic acids is 2. The van der Waals surface area contributed by atoms with E-state index in [2.05, 4.69) is 10.6 Å². The Kier molecular flexibility index (Phi) is 8.44. The number of alkyl carbamates (subject to hydrolysis) is 1. The molecule has 0 saturated carbocycles. The van der Waals surface area contributed by atoms with Gasteiger partial charge in [-0.1, -0.05) is 19.9 Å². The Morgan fingerprint density at radius 1 is 1.07 bits per heavy atom. The van der Waals surface area contributed by atoms with Gasteiger partial charge in [0.1, 0.15) is 5.60 Å². The average molecular weight is 414 g/mol. The number of ether oxygens (including phenoxy) is 1. The number of sulfonamides is 1. The highest BCUT2D eigenvalue weighted by Crippen LogP contribution is 2.21. The van der Waals surface area contributed by atoms with Crippen molar-refractivity contribution < 1.29 is 22.7 Å². The molecule has 1 aromatic carbocycles. The molecule has 2 N–H and O–H groups in total. The van der Waals surface area contributed by atoms with E-state index in [1.54, 1.807) is 53.7 Å². The first kappa shape index (κ1) is 23.9. The van der Waals surface area contributed by atoms with E-state index >= 15 is 0 Å². The summed E-state index contributed by atoms with van der Waals surface area (Å²) in [6.07, 6.45) is -0.565. The Hall–Kier alpha value is -2.13. The molecule has 0 aliphatic heterocycles. The summed E-state index contributed by atoms with van der Waals surface area (Å²) in [7, 11) is -3.66. The van der Waals surface area contributed by atoms with Crippen LogP contribution in [-0.4, -0.2) is 56.5 Å². The predicted molar refractivity (Wildman–Crippen MR) is 108 cm³/mol. The first-order valence-corrected chi connectivity index (χ1v) is 10.7. The van der Waals surface area contributed by atoms with E-state index in [0.29, 0.717) is 18.7 Å². The maximum Gasteiger partial charge on any atom is 0.407 e. The third-order valence-electron chi connectivity index (χ3n) is 3.85. The van der Waals surface area contributed by atoms with Gasteiger partial charge in [0, 0.05) is 31.7 Å². The van der Waals surface area contributed by atoms with Gasteiger partial charge >= 0.3 is 6.09 Å². The van der Waals surface area contributed by atoms with E-state index in [-0.39, 0.29) is 23.5 Å². The number of hydrogen-bond donors (Lipinski definition) is 2. The van der Waals surface area contributed by atoms with Crippen LogP contribution in [0.25, 0.3) is 0 Å². The normalized spacial score (nSPS) is 12.0.